The van der Waals surface area contributed by atoms with Crippen LogP contribution in [-0.4, -0.2) is 52.3 Å². The first-order chi connectivity index (χ1) is 13.1. The standard InChI is InChI=1S/C20H30FN2O4Si/c1-20(2,3)15-8-9-22(18(15)27-28(4)5)17-7-6-13(10-16(17)21)23-11-14(12-24)26-19(23)25/h6-7,10,14-15,18,24H,8-9,11-12H2,1-5H3/t14-,15+,18?/m1/s1. The Morgan fingerprint density at radius 1 is 1.36 bits per heavy atom. The first-order valence-electron chi connectivity index (χ1n) is 9.74. The van der Waals surface area contributed by atoms with E-state index in [-0.39, 0.29) is 30.6 Å². The predicted molar refractivity (Wildman–Crippen MR) is 108 cm³/mol. The number of hydrogen-bond acceptors (Lipinski definition) is 5. The summed E-state index contributed by atoms with van der Waals surface area (Å²) in [4.78, 5) is 15.3. The van der Waals surface area contributed by atoms with Gasteiger partial charge >= 0.3 is 6.09 Å². The van der Waals surface area contributed by atoms with Crippen LogP contribution in [0.5, 0.6) is 0 Å². The Kier molecular flexibility index (Phi) is 6.02. The Balaban J connectivity index is 1.86. The lowest BCUT2D eigenvalue weighted by Gasteiger charge is -2.37. The number of ether oxygens (including phenoxy) is 1. The second kappa shape index (κ2) is 8.00. The van der Waals surface area contributed by atoms with Gasteiger partial charge in [0.05, 0.1) is 24.5 Å². The second-order valence-corrected chi connectivity index (χ2v) is 10.9. The molecule has 2 saturated heterocycles. The molecule has 3 rings (SSSR count). The van der Waals surface area contributed by atoms with Crippen molar-refractivity contribution in [3.05, 3.63) is 24.0 Å². The van der Waals surface area contributed by atoms with Crippen molar-refractivity contribution in [1.29, 1.82) is 0 Å². The van der Waals surface area contributed by atoms with Gasteiger partial charge in [0.15, 0.2) is 0 Å². The zero-order valence-corrected chi connectivity index (χ0v) is 18.2. The van der Waals surface area contributed by atoms with E-state index >= 15 is 4.39 Å². The highest BCUT2D eigenvalue weighted by Crippen LogP contribution is 2.42. The Hall–Kier alpha value is -1.64. The summed E-state index contributed by atoms with van der Waals surface area (Å²) in [7, 11) is -0.956. The summed E-state index contributed by atoms with van der Waals surface area (Å²) in [5.41, 5.74) is 0.989. The van der Waals surface area contributed by atoms with Gasteiger partial charge in [-0.25, -0.2) is 9.18 Å². The van der Waals surface area contributed by atoms with Gasteiger partial charge < -0.3 is 19.2 Å². The molecule has 2 aliphatic rings. The number of halogens is 1. The molecule has 6 nitrogen and oxygen atoms in total. The van der Waals surface area contributed by atoms with Crippen LogP contribution in [0.1, 0.15) is 27.2 Å². The van der Waals surface area contributed by atoms with E-state index in [0.717, 1.165) is 13.0 Å². The zero-order chi connectivity index (χ0) is 20.6. The van der Waals surface area contributed by atoms with E-state index in [9.17, 15) is 9.90 Å². The number of hydrogen-bond donors (Lipinski definition) is 1. The van der Waals surface area contributed by atoms with Gasteiger partial charge in [0.2, 0.25) is 9.04 Å². The molecule has 2 fully saturated rings. The predicted octanol–water partition coefficient (Wildman–Crippen LogP) is 3.61. The van der Waals surface area contributed by atoms with E-state index in [1.807, 2.05) is 4.90 Å². The van der Waals surface area contributed by atoms with E-state index in [2.05, 4.69) is 33.9 Å². The van der Waals surface area contributed by atoms with Gasteiger partial charge in [-0.3, -0.25) is 4.90 Å². The molecule has 3 atom stereocenters. The van der Waals surface area contributed by atoms with Crippen LogP contribution in [0.3, 0.4) is 0 Å². The van der Waals surface area contributed by atoms with Crippen LogP contribution in [-0.2, 0) is 9.16 Å². The fourth-order valence-electron chi connectivity index (χ4n) is 3.99. The second-order valence-electron chi connectivity index (χ2n) is 8.81. The third-order valence-corrected chi connectivity index (χ3v) is 6.14. The maximum Gasteiger partial charge on any atom is 0.414 e. The van der Waals surface area contributed by atoms with Gasteiger partial charge in [-0.2, -0.15) is 0 Å². The minimum Gasteiger partial charge on any atom is -0.441 e. The van der Waals surface area contributed by atoms with Crippen molar-refractivity contribution >= 4 is 26.5 Å². The molecule has 1 radical (unpaired) electrons. The average molecular weight is 410 g/mol. The van der Waals surface area contributed by atoms with Crippen LogP contribution in [0.25, 0.3) is 0 Å². The molecule has 1 unspecified atom stereocenters. The van der Waals surface area contributed by atoms with Crippen molar-refractivity contribution in [1.82, 2.24) is 0 Å². The third kappa shape index (κ3) is 4.18. The van der Waals surface area contributed by atoms with Crippen molar-refractivity contribution < 1.29 is 23.5 Å². The van der Waals surface area contributed by atoms with Crippen LogP contribution >= 0.6 is 0 Å². The minimum absolute atomic E-state index is 0.0613. The topological polar surface area (TPSA) is 62.2 Å². The van der Waals surface area contributed by atoms with Crippen molar-refractivity contribution in [3.63, 3.8) is 0 Å². The first kappa shape index (κ1) is 21.1. The highest BCUT2D eigenvalue weighted by Gasteiger charge is 2.43. The summed E-state index contributed by atoms with van der Waals surface area (Å²) >= 11 is 0. The first-order valence-corrected chi connectivity index (χ1v) is 12.1. The number of aliphatic hydroxyl groups is 1. The molecule has 2 aliphatic heterocycles. The van der Waals surface area contributed by atoms with E-state index in [1.165, 1.54) is 11.0 Å². The summed E-state index contributed by atoms with van der Waals surface area (Å²) in [6.07, 6.45) is -0.347. The largest absolute Gasteiger partial charge is 0.441 e. The maximum absolute atomic E-state index is 15.1. The molecule has 1 aromatic rings. The minimum atomic E-state index is -0.956. The van der Waals surface area contributed by atoms with E-state index < -0.39 is 21.2 Å². The molecule has 1 aromatic carbocycles. The van der Waals surface area contributed by atoms with Gasteiger partial charge in [0.1, 0.15) is 18.1 Å². The molecule has 8 heteroatoms. The summed E-state index contributed by atoms with van der Waals surface area (Å²) in [5.74, 6) is -0.0766. The maximum atomic E-state index is 15.1. The van der Waals surface area contributed by atoms with Crippen LogP contribution < -0.4 is 9.80 Å². The van der Waals surface area contributed by atoms with Gasteiger partial charge in [-0.1, -0.05) is 20.8 Å². The number of cyclic esters (lactones) is 1. The highest BCUT2D eigenvalue weighted by atomic mass is 28.3. The van der Waals surface area contributed by atoms with E-state index in [4.69, 9.17) is 9.16 Å². The highest BCUT2D eigenvalue weighted by molar-refractivity contribution is 6.48. The molecule has 1 N–H and O–H groups in total. The molecule has 0 aliphatic carbocycles. The molecular weight excluding hydrogens is 379 g/mol. The number of anilines is 2. The quantitative estimate of drug-likeness (QED) is 0.753. The molecule has 0 aromatic heterocycles. The Morgan fingerprint density at radius 2 is 2.07 bits per heavy atom. The van der Waals surface area contributed by atoms with Crippen LogP contribution in [0, 0.1) is 17.2 Å². The summed E-state index contributed by atoms with van der Waals surface area (Å²) in [6, 6.07) is 4.80. The molecule has 0 bridgehead atoms. The van der Waals surface area contributed by atoms with Gasteiger partial charge in [0, 0.05) is 12.5 Å². The summed E-state index contributed by atoms with van der Waals surface area (Å²) in [5, 5.41) is 9.19. The summed E-state index contributed by atoms with van der Waals surface area (Å²) in [6.45, 7) is 11.5. The SMILES string of the molecule is C[Si](C)OC1[C@@H](C(C)(C)C)CCN1c1ccc(N2C[C@H](CO)OC2=O)cc1F. The molecule has 2 heterocycles. The number of nitrogens with zero attached hydrogens (tertiary/aromatic N) is 2. The number of benzene rings is 1. The smallest absolute Gasteiger partial charge is 0.414 e. The van der Waals surface area contributed by atoms with Crippen LogP contribution in [0.2, 0.25) is 13.1 Å². The van der Waals surface area contributed by atoms with Gasteiger partial charge in [0.25, 0.3) is 0 Å². The van der Waals surface area contributed by atoms with Crippen LogP contribution in [0.4, 0.5) is 20.6 Å². The fraction of sp³-hybridized carbons (Fsp3) is 0.650. The lowest BCUT2D eigenvalue weighted by Crippen LogP contribution is -2.42. The molecule has 1 amide bonds. The molecule has 0 spiro atoms. The Bertz CT molecular complexity index is 725. The van der Waals surface area contributed by atoms with E-state index in [0.29, 0.717) is 17.3 Å². The molecule has 155 valence electrons. The average Bonchev–Trinajstić information content (AvgIpc) is 3.17. The number of aliphatic hydroxyl groups excluding tert-OH is 1. The fourth-order valence-corrected chi connectivity index (χ4v) is 4.77. The molecule has 0 saturated carbocycles. The van der Waals surface area contributed by atoms with Gasteiger partial charge in [-0.05, 0) is 43.1 Å². The van der Waals surface area contributed by atoms with Crippen molar-refractivity contribution in [2.75, 3.05) is 29.5 Å². The number of carbonyl (C=O) groups excluding carboxylic acids is 1. The number of carbonyl (C=O) groups is 1. The monoisotopic (exact) mass is 409 g/mol. The van der Waals surface area contributed by atoms with Crippen LogP contribution in [0.15, 0.2) is 18.2 Å². The number of amides is 1. The Labute approximate surface area is 167 Å². The number of rotatable bonds is 5. The zero-order valence-electron chi connectivity index (χ0n) is 17.2. The summed E-state index contributed by atoms with van der Waals surface area (Å²) < 4.78 is 26.4. The van der Waals surface area contributed by atoms with Gasteiger partial charge in [-0.15, -0.1) is 0 Å². The lowest BCUT2D eigenvalue weighted by molar-refractivity contribution is 0.0884. The Morgan fingerprint density at radius 3 is 2.61 bits per heavy atom. The third-order valence-electron chi connectivity index (χ3n) is 5.43. The van der Waals surface area contributed by atoms with Crippen molar-refractivity contribution in [2.45, 2.75) is 52.6 Å². The molecular formula is C20H30FN2O4Si. The van der Waals surface area contributed by atoms with Crippen molar-refractivity contribution in [2.24, 2.45) is 11.3 Å². The molecule has 28 heavy (non-hydrogen) atoms. The normalized spacial score (nSPS) is 25.7. The van der Waals surface area contributed by atoms with Crippen molar-refractivity contribution in [3.8, 4) is 0 Å². The van der Waals surface area contributed by atoms with E-state index in [1.54, 1.807) is 12.1 Å². The lowest BCUT2D eigenvalue weighted by atomic mass is 9.79.